The van der Waals surface area contributed by atoms with Crippen molar-refractivity contribution >= 4 is 11.9 Å². The van der Waals surface area contributed by atoms with Gasteiger partial charge in [0.25, 0.3) is 5.91 Å². The molecule has 142 valence electrons. The van der Waals surface area contributed by atoms with Gasteiger partial charge in [-0.05, 0) is 42.7 Å². The van der Waals surface area contributed by atoms with E-state index in [-0.39, 0.29) is 17.0 Å². The van der Waals surface area contributed by atoms with Crippen LogP contribution in [0, 0.1) is 0 Å². The van der Waals surface area contributed by atoms with Crippen molar-refractivity contribution in [2.45, 2.75) is 18.3 Å². The number of amides is 1. The fourth-order valence-corrected chi connectivity index (χ4v) is 3.28. The molecule has 2 heterocycles. The summed E-state index contributed by atoms with van der Waals surface area (Å²) < 4.78 is 10.7. The first-order valence-corrected chi connectivity index (χ1v) is 8.74. The molecule has 27 heavy (non-hydrogen) atoms. The number of carbonyl (C=O) groups is 2. The molecule has 1 aromatic heterocycles. The number of aromatic carboxylic acids is 1. The minimum atomic E-state index is -1.12. The Morgan fingerprint density at radius 3 is 2.44 bits per heavy atom. The number of carboxylic acids is 1. The molecule has 2 N–H and O–H groups in total. The third-order valence-corrected chi connectivity index (χ3v) is 4.98. The minimum absolute atomic E-state index is 0.0920. The average molecular weight is 370 g/mol. The van der Waals surface area contributed by atoms with Crippen molar-refractivity contribution < 1.29 is 24.2 Å². The number of carboxylic acid groups (broad SMARTS) is 1. The highest BCUT2D eigenvalue weighted by atomic mass is 16.5. The first-order chi connectivity index (χ1) is 13.0. The van der Waals surface area contributed by atoms with Crippen molar-refractivity contribution in [1.82, 2.24) is 10.3 Å². The van der Waals surface area contributed by atoms with Crippen LogP contribution in [-0.2, 0) is 10.2 Å². The van der Waals surface area contributed by atoms with Crippen molar-refractivity contribution in [3.05, 3.63) is 59.4 Å². The molecule has 1 amide bonds. The van der Waals surface area contributed by atoms with Gasteiger partial charge in [0.2, 0.25) is 0 Å². The lowest BCUT2D eigenvalue weighted by Gasteiger charge is -2.38. The molecule has 1 saturated heterocycles. The monoisotopic (exact) mass is 370 g/mol. The fourth-order valence-electron chi connectivity index (χ4n) is 3.28. The molecule has 1 aliphatic heterocycles. The highest BCUT2D eigenvalue weighted by molar-refractivity contribution is 5.94. The zero-order valence-electron chi connectivity index (χ0n) is 15.1. The Morgan fingerprint density at radius 1 is 1.19 bits per heavy atom. The van der Waals surface area contributed by atoms with Crippen LogP contribution in [0.5, 0.6) is 5.75 Å². The quantitative estimate of drug-likeness (QED) is 0.809. The number of benzene rings is 1. The van der Waals surface area contributed by atoms with Crippen LogP contribution in [0.15, 0.2) is 42.6 Å². The molecule has 1 aliphatic rings. The van der Waals surface area contributed by atoms with Gasteiger partial charge in [-0.3, -0.25) is 4.79 Å². The van der Waals surface area contributed by atoms with Gasteiger partial charge in [-0.2, -0.15) is 0 Å². The van der Waals surface area contributed by atoms with Crippen LogP contribution in [0.1, 0.15) is 39.3 Å². The lowest BCUT2D eigenvalue weighted by atomic mass is 9.74. The summed E-state index contributed by atoms with van der Waals surface area (Å²) in [6.07, 6.45) is 2.88. The second-order valence-electron chi connectivity index (χ2n) is 6.54. The Hall–Kier alpha value is -2.93. The number of nitrogens with zero attached hydrogens (tertiary/aromatic N) is 1. The summed E-state index contributed by atoms with van der Waals surface area (Å²) in [6, 6.07) is 10.7. The largest absolute Gasteiger partial charge is 0.497 e. The fraction of sp³-hybridized carbons (Fsp3) is 0.350. The highest BCUT2D eigenvalue weighted by Gasteiger charge is 2.35. The number of pyridine rings is 1. The van der Waals surface area contributed by atoms with Crippen molar-refractivity contribution in [2.75, 3.05) is 26.9 Å². The minimum Gasteiger partial charge on any atom is -0.497 e. The van der Waals surface area contributed by atoms with Crippen molar-refractivity contribution in [3.63, 3.8) is 0 Å². The zero-order valence-corrected chi connectivity index (χ0v) is 15.1. The molecule has 0 bridgehead atoms. The van der Waals surface area contributed by atoms with Gasteiger partial charge >= 0.3 is 5.97 Å². The van der Waals surface area contributed by atoms with Crippen LogP contribution in [0.2, 0.25) is 0 Å². The van der Waals surface area contributed by atoms with E-state index in [9.17, 15) is 9.59 Å². The average Bonchev–Trinajstić information content (AvgIpc) is 2.73. The van der Waals surface area contributed by atoms with Gasteiger partial charge in [0.15, 0.2) is 0 Å². The Kier molecular flexibility index (Phi) is 5.71. The number of hydrogen-bond donors (Lipinski definition) is 2. The number of carbonyl (C=O) groups excluding carboxylic acids is 1. The van der Waals surface area contributed by atoms with Crippen LogP contribution in [0.4, 0.5) is 0 Å². The number of ether oxygens (including phenoxy) is 2. The number of aromatic nitrogens is 1. The topological polar surface area (TPSA) is 97.8 Å². The molecule has 1 fully saturated rings. The maximum absolute atomic E-state index is 12.5. The van der Waals surface area contributed by atoms with E-state index in [1.807, 2.05) is 24.3 Å². The van der Waals surface area contributed by atoms with E-state index in [0.29, 0.717) is 25.3 Å². The van der Waals surface area contributed by atoms with E-state index >= 15 is 0 Å². The molecule has 0 unspecified atom stereocenters. The predicted octanol–water partition coefficient (Wildman–Crippen LogP) is 2.27. The van der Waals surface area contributed by atoms with E-state index in [2.05, 4.69) is 10.3 Å². The van der Waals surface area contributed by atoms with Crippen LogP contribution < -0.4 is 10.1 Å². The zero-order chi connectivity index (χ0) is 19.3. The van der Waals surface area contributed by atoms with Crippen molar-refractivity contribution in [3.8, 4) is 5.75 Å². The smallest absolute Gasteiger partial charge is 0.354 e. The highest BCUT2D eigenvalue weighted by Crippen LogP contribution is 2.35. The summed E-state index contributed by atoms with van der Waals surface area (Å²) in [4.78, 5) is 27.2. The summed E-state index contributed by atoms with van der Waals surface area (Å²) in [5.74, 6) is -0.615. The van der Waals surface area contributed by atoms with Crippen LogP contribution in [0.3, 0.4) is 0 Å². The SMILES string of the molecule is COc1ccc(C2(CNC(=O)c3ccc(C(=O)O)nc3)CCOCC2)cc1. The second-order valence-corrected chi connectivity index (χ2v) is 6.54. The molecular formula is C20H22N2O5. The lowest BCUT2D eigenvalue weighted by molar-refractivity contribution is 0.0487. The predicted molar refractivity (Wildman–Crippen MR) is 98.3 cm³/mol. The summed E-state index contributed by atoms with van der Waals surface area (Å²) in [6.45, 7) is 1.73. The molecule has 7 heteroatoms. The normalized spacial score (nSPS) is 15.7. The summed E-state index contributed by atoms with van der Waals surface area (Å²) in [5.41, 5.74) is 1.16. The Morgan fingerprint density at radius 2 is 1.89 bits per heavy atom. The maximum Gasteiger partial charge on any atom is 0.354 e. The van der Waals surface area contributed by atoms with E-state index in [1.165, 1.54) is 18.3 Å². The molecule has 1 aromatic carbocycles. The van der Waals surface area contributed by atoms with Gasteiger partial charge in [-0.25, -0.2) is 9.78 Å². The van der Waals surface area contributed by atoms with E-state index in [1.54, 1.807) is 7.11 Å². The third kappa shape index (κ3) is 4.25. The number of hydrogen-bond acceptors (Lipinski definition) is 5. The van der Waals surface area contributed by atoms with E-state index in [4.69, 9.17) is 14.6 Å². The third-order valence-electron chi connectivity index (χ3n) is 4.98. The van der Waals surface area contributed by atoms with Gasteiger partial charge in [0.1, 0.15) is 11.4 Å². The Balaban J connectivity index is 1.74. The number of nitrogens with one attached hydrogen (secondary N) is 1. The Bertz CT molecular complexity index is 796. The molecule has 2 aromatic rings. The van der Waals surface area contributed by atoms with Crippen molar-refractivity contribution in [1.29, 1.82) is 0 Å². The second kappa shape index (κ2) is 8.18. The first-order valence-electron chi connectivity index (χ1n) is 8.74. The van der Waals surface area contributed by atoms with Crippen LogP contribution >= 0.6 is 0 Å². The molecule has 0 aliphatic carbocycles. The Labute approximate surface area is 157 Å². The number of rotatable bonds is 6. The van der Waals surface area contributed by atoms with Crippen molar-refractivity contribution in [2.24, 2.45) is 0 Å². The summed E-state index contributed by atoms with van der Waals surface area (Å²) >= 11 is 0. The molecule has 0 spiro atoms. The van der Waals surface area contributed by atoms with Gasteiger partial charge in [-0.15, -0.1) is 0 Å². The van der Waals surface area contributed by atoms with Gasteiger partial charge in [0, 0.05) is 31.4 Å². The first kappa shape index (κ1) is 18.8. The van der Waals surface area contributed by atoms with E-state index < -0.39 is 5.97 Å². The standard InChI is InChI=1S/C20H22N2O5/c1-26-16-5-3-15(4-6-16)20(8-10-27-11-9-20)13-22-18(23)14-2-7-17(19(24)25)21-12-14/h2-7,12H,8-11,13H2,1H3,(H,22,23)(H,24,25). The summed E-state index contributed by atoms with van der Waals surface area (Å²) in [7, 11) is 1.63. The molecule has 0 saturated carbocycles. The molecule has 0 radical (unpaired) electrons. The van der Waals surface area contributed by atoms with E-state index in [0.717, 1.165) is 24.2 Å². The number of methoxy groups -OCH3 is 1. The van der Waals surface area contributed by atoms with Gasteiger partial charge in [-0.1, -0.05) is 12.1 Å². The molecular weight excluding hydrogens is 348 g/mol. The molecule has 3 rings (SSSR count). The van der Waals surface area contributed by atoms with Crippen LogP contribution in [0.25, 0.3) is 0 Å². The summed E-state index contributed by atoms with van der Waals surface area (Å²) in [5, 5.41) is 11.9. The molecule has 0 atom stereocenters. The van der Waals surface area contributed by atoms with Gasteiger partial charge in [0.05, 0.1) is 12.7 Å². The molecule has 7 nitrogen and oxygen atoms in total. The maximum atomic E-state index is 12.5. The van der Waals surface area contributed by atoms with Crippen LogP contribution in [-0.4, -0.2) is 48.8 Å². The van der Waals surface area contributed by atoms with Gasteiger partial charge < -0.3 is 19.9 Å². The lowest BCUT2D eigenvalue weighted by Crippen LogP contribution is -2.44.